The predicted octanol–water partition coefficient (Wildman–Crippen LogP) is 2.75. The average molecular weight is 335 g/mol. The van der Waals surface area contributed by atoms with E-state index in [1.54, 1.807) is 25.8 Å². The van der Waals surface area contributed by atoms with Crippen molar-refractivity contribution in [1.82, 2.24) is 10.0 Å². The van der Waals surface area contributed by atoms with Gasteiger partial charge in [-0.05, 0) is 48.0 Å². The lowest BCUT2D eigenvalue weighted by molar-refractivity contribution is -0.143. The molecule has 22 heavy (non-hydrogen) atoms. The summed E-state index contributed by atoms with van der Waals surface area (Å²) < 4.78 is 14.5. The predicted molar refractivity (Wildman–Crippen MR) is 94.1 cm³/mol. The van der Waals surface area contributed by atoms with Gasteiger partial charge in [-0.25, -0.2) is 0 Å². The SMILES string of the molecule is CC(C)NSC(C)CCOC(C)(C)C(=O)NCCOC(C)C. The van der Waals surface area contributed by atoms with E-state index < -0.39 is 5.60 Å². The Balaban J connectivity index is 3.89. The Hall–Kier alpha value is -0.300. The fourth-order valence-electron chi connectivity index (χ4n) is 1.53. The Labute approximate surface area is 140 Å². The molecule has 0 fully saturated rings. The molecule has 0 bridgehead atoms. The number of amides is 1. The van der Waals surface area contributed by atoms with Crippen molar-refractivity contribution in [3.05, 3.63) is 0 Å². The topological polar surface area (TPSA) is 59.6 Å². The molecule has 0 aromatic rings. The summed E-state index contributed by atoms with van der Waals surface area (Å²) >= 11 is 1.72. The van der Waals surface area contributed by atoms with E-state index in [0.29, 0.717) is 31.1 Å². The van der Waals surface area contributed by atoms with Crippen LogP contribution >= 0.6 is 11.9 Å². The van der Waals surface area contributed by atoms with Crippen molar-refractivity contribution in [2.45, 2.75) is 77.9 Å². The first-order valence-electron chi connectivity index (χ1n) is 8.10. The molecule has 6 heteroatoms. The number of rotatable bonds is 12. The van der Waals surface area contributed by atoms with E-state index in [1.807, 2.05) is 13.8 Å². The summed E-state index contributed by atoms with van der Waals surface area (Å²) in [6.45, 7) is 15.5. The first kappa shape index (κ1) is 21.7. The minimum absolute atomic E-state index is 0.0968. The van der Waals surface area contributed by atoms with Crippen LogP contribution < -0.4 is 10.0 Å². The minimum Gasteiger partial charge on any atom is -0.377 e. The smallest absolute Gasteiger partial charge is 0.251 e. The molecule has 0 aromatic heterocycles. The van der Waals surface area contributed by atoms with E-state index in [0.717, 1.165) is 6.42 Å². The van der Waals surface area contributed by atoms with Crippen molar-refractivity contribution in [3.63, 3.8) is 0 Å². The van der Waals surface area contributed by atoms with Crippen molar-refractivity contribution in [3.8, 4) is 0 Å². The largest absolute Gasteiger partial charge is 0.377 e. The van der Waals surface area contributed by atoms with E-state index in [-0.39, 0.29) is 12.0 Å². The summed E-state index contributed by atoms with van der Waals surface area (Å²) in [4.78, 5) is 12.1. The van der Waals surface area contributed by atoms with Gasteiger partial charge >= 0.3 is 0 Å². The van der Waals surface area contributed by atoms with Crippen molar-refractivity contribution >= 4 is 17.9 Å². The summed E-state index contributed by atoms with van der Waals surface area (Å²) in [6.07, 6.45) is 1.08. The maximum Gasteiger partial charge on any atom is 0.251 e. The molecular formula is C16H34N2O3S. The standard InChI is InChI=1S/C16H34N2O3S/c1-12(2)18-22-14(5)8-10-21-16(6,7)15(19)17-9-11-20-13(3)4/h12-14,18H,8-11H2,1-7H3,(H,17,19). The Kier molecular flexibility index (Phi) is 11.1. The Morgan fingerprint density at radius 1 is 1.14 bits per heavy atom. The number of ether oxygens (including phenoxy) is 2. The fraction of sp³-hybridized carbons (Fsp3) is 0.938. The molecule has 0 radical (unpaired) electrons. The zero-order valence-electron chi connectivity index (χ0n) is 15.2. The fourth-order valence-corrected chi connectivity index (χ4v) is 2.25. The zero-order chi connectivity index (χ0) is 17.2. The molecule has 0 heterocycles. The van der Waals surface area contributed by atoms with Crippen LogP contribution in [0, 0.1) is 0 Å². The second-order valence-corrected chi connectivity index (χ2v) is 7.80. The van der Waals surface area contributed by atoms with Gasteiger partial charge in [-0.3, -0.25) is 9.52 Å². The molecule has 0 spiro atoms. The quantitative estimate of drug-likeness (QED) is 0.424. The Morgan fingerprint density at radius 2 is 1.77 bits per heavy atom. The van der Waals surface area contributed by atoms with E-state index in [9.17, 15) is 4.79 Å². The molecule has 0 saturated heterocycles. The van der Waals surface area contributed by atoms with Crippen LogP contribution in [-0.4, -0.2) is 48.7 Å². The zero-order valence-corrected chi connectivity index (χ0v) is 16.0. The van der Waals surface area contributed by atoms with Crippen LogP contribution in [0.1, 0.15) is 54.9 Å². The number of nitrogens with one attached hydrogen (secondary N) is 2. The van der Waals surface area contributed by atoms with Gasteiger partial charge < -0.3 is 14.8 Å². The van der Waals surface area contributed by atoms with E-state index in [1.165, 1.54) is 0 Å². The van der Waals surface area contributed by atoms with Crippen molar-refractivity contribution in [1.29, 1.82) is 0 Å². The maximum atomic E-state index is 12.1. The van der Waals surface area contributed by atoms with Crippen LogP contribution in [0.5, 0.6) is 0 Å². The van der Waals surface area contributed by atoms with Crippen LogP contribution in [0.15, 0.2) is 0 Å². The first-order chi connectivity index (χ1) is 10.1. The number of hydrogen-bond donors (Lipinski definition) is 2. The van der Waals surface area contributed by atoms with Crippen LogP contribution in [-0.2, 0) is 14.3 Å². The van der Waals surface area contributed by atoms with Gasteiger partial charge in [0.15, 0.2) is 0 Å². The van der Waals surface area contributed by atoms with Crippen LogP contribution in [0.2, 0.25) is 0 Å². The van der Waals surface area contributed by atoms with Gasteiger partial charge in [-0.15, -0.1) is 0 Å². The molecule has 0 saturated carbocycles. The number of hydrogen-bond acceptors (Lipinski definition) is 5. The summed E-state index contributed by atoms with van der Waals surface area (Å²) in [5.74, 6) is -0.0968. The highest BCUT2D eigenvalue weighted by molar-refractivity contribution is 7.98. The van der Waals surface area contributed by atoms with Crippen LogP contribution in [0.3, 0.4) is 0 Å². The highest BCUT2D eigenvalue weighted by atomic mass is 32.2. The van der Waals surface area contributed by atoms with Crippen molar-refractivity contribution in [2.24, 2.45) is 0 Å². The van der Waals surface area contributed by atoms with Crippen molar-refractivity contribution in [2.75, 3.05) is 19.8 Å². The van der Waals surface area contributed by atoms with Crippen LogP contribution in [0.4, 0.5) is 0 Å². The van der Waals surface area contributed by atoms with Gasteiger partial charge in [0.25, 0.3) is 5.91 Å². The molecule has 0 aliphatic heterocycles. The molecule has 0 aliphatic rings. The molecule has 1 unspecified atom stereocenters. The lowest BCUT2D eigenvalue weighted by Crippen LogP contribution is -2.45. The minimum atomic E-state index is -0.812. The third-order valence-electron chi connectivity index (χ3n) is 2.88. The van der Waals surface area contributed by atoms with Crippen molar-refractivity contribution < 1.29 is 14.3 Å². The molecule has 5 nitrogen and oxygen atoms in total. The van der Waals surface area contributed by atoms with Gasteiger partial charge in [0.1, 0.15) is 5.60 Å². The molecule has 2 N–H and O–H groups in total. The average Bonchev–Trinajstić information content (AvgIpc) is 2.40. The number of carbonyl (C=O) groups is 1. The van der Waals surface area contributed by atoms with Gasteiger partial charge in [0, 0.05) is 24.4 Å². The van der Waals surface area contributed by atoms with Gasteiger partial charge in [-0.2, -0.15) is 0 Å². The number of carbonyl (C=O) groups excluding carboxylic acids is 1. The molecular weight excluding hydrogens is 300 g/mol. The monoisotopic (exact) mass is 334 g/mol. The van der Waals surface area contributed by atoms with Gasteiger partial charge in [-0.1, -0.05) is 18.9 Å². The molecule has 1 amide bonds. The molecule has 0 aliphatic carbocycles. The van der Waals surface area contributed by atoms with Gasteiger partial charge in [0.05, 0.1) is 12.7 Å². The first-order valence-corrected chi connectivity index (χ1v) is 8.98. The van der Waals surface area contributed by atoms with E-state index in [2.05, 4.69) is 30.8 Å². The van der Waals surface area contributed by atoms with Crippen LogP contribution in [0.25, 0.3) is 0 Å². The van der Waals surface area contributed by atoms with E-state index in [4.69, 9.17) is 9.47 Å². The molecule has 0 rings (SSSR count). The highest BCUT2D eigenvalue weighted by Crippen LogP contribution is 2.15. The summed E-state index contributed by atoms with van der Waals surface area (Å²) in [5, 5.41) is 3.30. The second kappa shape index (κ2) is 11.3. The summed E-state index contributed by atoms with van der Waals surface area (Å²) in [7, 11) is 0. The third-order valence-corrected chi connectivity index (χ3v) is 4.12. The Bertz CT molecular complexity index is 310. The Morgan fingerprint density at radius 3 is 2.32 bits per heavy atom. The maximum absolute atomic E-state index is 12.1. The molecule has 1 atom stereocenters. The summed E-state index contributed by atoms with van der Waals surface area (Å²) in [5.41, 5.74) is -0.812. The van der Waals surface area contributed by atoms with Gasteiger partial charge in [0.2, 0.25) is 0 Å². The summed E-state index contributed by atoms with van der Waals surface area (Å²) in [6, 6.07) is 0.462. The third kappa shape index (κ3) is 11.3. The lowest BCUT2D eigenvalue weighted by Gasteiger charge is -2.25. The molecule has 132 valence electrons. The highest BCUT2D eigenvalue weighted by Gasteiger charge is 2.28. The van der Waals surface area contributed by atoms with E-state index >= 15 is 0 Å². The normalized spacial score (nSPS) is 13.7. The molecule has 0 aromatic carbocycles. The second-order valence-electron chi connectivity index (χ2n) is 6.52. The lowest BCUT2D eigenvalue weighted by atomic mass is 10.1.